The van der Waals surface area contributed by atoms with E-state index in [-0.39, 0.29) is 0 Å². The van der Waals surface area contributed by atoms with Gasteiger partial charge in [0.05, 0.1) is 5.69 Å². The molecule has 2 atom stereocenters. The molecule has 2 bridgehead atoms. The monoisotopic (exact) mass is 244 g/mol. The van der Waals surface area contributed by atoms with E-state index in [2.05, 4.69) is 22.9 Å². The smallest absolute Gasteiger partial charge is 0.136 e. The highest BCUT2D eigenvalue weighted by molar-refractivity contribution is 5.80. The number of Topliss-reactive ketones (excluding diaryl/α,β-unsaturated/α-hetero) is 1. The van der Waals surface area contributed by atoms with Crippen LogP contribution in [0.2, 0.25) is 0 Å². The van der Waals surface area contributed by atoms with Crippen molar-refractivity contribution < 1.29 is 4.79 Å². The molecule has 1 aromatic rings. The lowest BCUT2D eigenvalue weighted by atomic mass is 10.0. The Morgan fingerprint density at radius 2 is 2.06 bits per heavy atom. The first-order valence-electron chi connectivity index (χ1n) is 6.98. The number of aryl methyl sites for hydroxylation is 1. The van der Waals surface area contributed by atoms with Crippen molar-refractivity contribution in [2.45, 2.75) is 57.7 Å². The van der Waals surface area contributed by atoms with Crippen molar-refractivity contribution in [1.29, 1.82) is 0 Å². The van der Waals surface area contributed by atoms with Crippen LogP contribution in [0.3, 0.4) is 0 Å². The average Bonchev–Trinajstić information content (AvgIpc) is 2.62. The van der Waals surface area contributed by atoms with Crippen molar-refractivity contribution in [3.8, 4) is 0 Å². The van der Waals surface area contributed by atoms with Gasteiger partial charge in [-0.25, -0.2) is 0 Å². The summed E-state index contributed by atoms with van der Waals surface area (Å²) in [7, 11) is 0. The van der Waals surface area contributed by atoms with E-state index in [0.717, 1.165) is 25.8 Å². The summed E-state index contributed by atoms with van der Waals surface area (Å²) in [5.41, 5.74) is 2.54. The number of nitrogens with zero attached hydrogens (tertiary/aromatic N) is 2. The van der Waals surface area contributed by atoms with Gasteiger partial charge >= 0.3 is 0 Å². The van der Waals surface area contributed by atoms with Gasteiger partial charge in [0, 0.05) is 37.7 Å². The molecule has 0 aromatic carbocycles. The van der Waals surface area contributed by atoms with Gasteiger partial charge in [-0.05, 0) is 30.9 Å². The Bertz CT molecular complexity index is 442. The highest BCUT2D eigenvalue weighted by Gasteiger charge is 2.40. The maximum atomic E-state index is 11.6. The molecule has 2 aliphatic rings. The van der Waals surface area contributed by atoms with Gasteiger partial charge in [0.2, 0.25) is 0 Å². The number of ketones is 1. The summed E-state index contributed by atoms with van der Waals surface area (Å²) < 4.78 is 0. The number of hydrogen-bond acceptors (Lipinski definition) is 3. The lowest BCUT2D eigenvalue weighted by Gasteiger charge is -2.34. The first-order chi connectivity index (χ1) is 8.78. The molecule has 2 aliphatic heterocycles. The van der Waals surface area contributed by atoms with E-state index < -0.39 is 0 Å². The van der Waals surface area contributed by atoms with E-state index in [0.29, 0.717) is 17.9 Å². The number of pyridine rings is 1. The number of fused-ring (bicyclic) bond motifs is 2. The van der Waals surface area contributed by atoms with Crippen LogP contribution in [-0.4, -0.2) is 27.8 Å². The molecule has 0 radical (unpaired) electrons. The predicted molar refractivity (Wildman–Crippen MR) is 70.2 cm³/mol. The molecule has 0 spiro atoms. The molecule has 0 aliphatic carbocycles. The molecule has 0 N–H and O–H groups in total. The Kier molecular flexibility index (Phi) is 3.16. The summed E-state index contributed by atoms with van der Waals surface area (Å²) in [6.07, 6.45) is 6.79. The molecule has 3 heterocycles. The molecule has 1 aromatic heterocycles. The highest BCUT2D eigenvalue weighted by Crippen LogP contribution is 2.35. The van der Waals surface area contributed by atoms with E-state index in [1.165, 1.54) is 24.1 Å². The van der Waals surface area contributed by atoms with Gasteiger partial charge in [-0.1, -0.05) is 13.0 Å². The van der Waals surface area contributed by atoms with Crippen LogP contribution < -0.4 is 0 Å². The fourth-order valence-corrected chi connectivity index (χ4v) is 3.43. The lowest BCUT2D eigenvalue weighted by Crippen LogP contribution is -2.42. The number of hydrogen-bond donors (Lipinski definition) is 0. The van der Waals surface area contributed by atoms with Crippen molar-refractivity contribution in [3.63, 3.8) is 0 Å². The average molecular weight is 244 g/mol. The van der Waals surface area contributed by atoms with Crippen LogP contribution in [-0.2, 0) is 17.8 Å². The first-order valence-corrected chi connectivity index (χ1v) is 6.98. The molecule has 2 saturated heterocycles. The van der Waals surface area contributed by atoms with Crippen molar-refractivity contribution >= 4 is 5.78 Å². The molecular formula is C15H20N2O. The van der Waals surface area contributed by atoms with E-state index in [1.54, 1.807) is 0 Å². The number of piperidine rings is 1. The van der Waals surface area contributed by atoms with E-state index >= 15 is 0 Å². The Balaban J connectivity index is 1.79. The van der Waals surface area contributed by atoms with Crippen molar-refractivity contribution in [1.82, 2.24) is 9.88 Å². The molecule has 3 rings (SSSR count). The Morgan fingerprint density at radius 3 is 2.72 bits per heavy atom. The zero-order valence-corrected chi connectivity index (χ0v) is 10.9. The van der Waals surface area contributed by atoms with E-state index in [9.17, 15) is 4.79 Å². The largest absolute Gasteiger partial charge is 0.300 e. The van der Waals surface area contributed by atoms with Gasteiger partial charge in [-0.15, -0.1) is 0 Å². The van der Waals surface area contributed by atoms with Crippen molar-refractivity contribution in [2.24, 2.45) is 0 Å². The molecular weight excluding hydrogens is 224 g/mol. The second kappa shape index (κ2) is 4.81. The Labute approximate surface area is 108 Å². The van der Waals surface area contributed by atoms with Crippen LogP contribution in [0.1, 0.15) is 43.9 Å². The third-order valence-electron chi connectivity index (χ3n) is 4.40. The summed E-state index contributed by atoms with van der Waals surface area (Å²) in [5.74, 6) is 0.454. The van der Waals surface area contributed by atoms with Crippen LogP contribution in [0.25, 0.3) is 0 Å². The van der Waals surface area contributed by atoms with Crippen LogP contribution in [0, 0.1) is 0 Å². The molecule has 0 saturated carbocycles. The Morgan fingerprint density at radius 1 is 1.33 bits per heavy atom. The van der Waals surface area contributed by atoms with Gasteiger partial charge in [-0.3, -0.25) is 14.7 Å². The summed E-state index contributed by atoms with van der Waals surface area (Å²) in [4.78, 5) is 18.7. The minimum absolute atomic E-state index is 0.454. The minimum Gasteiger partial charge on any atom is -0.300 e. The molecule has 2 unspecified atom stereocenters. The fraction of sp³-hybridized carbons (Fsp3) is 0.600. The highest BCUT2D eigenvalue weighted by atomic mass is 16.1. The van der Waals surface area contributed by atoms with Gasteiger partial charge in [-0.2, -0.15) is 0 Å². The maximum absolute atomic E-state index is 11.6. The normalized spacial score (nSPS) is 27.7. The van der Waals surface area contributed by atoms with Crippen LogP contribution >= 0.6 is 0 Å². The topological polar surface area (TPSA) is 33.2 Å². The van der Waals surface area contributed by atoms with Gasteiger partial charge in [0.15, 0.2) is 0 Å². The first kappa shape index (κ1) is 11.8. The standard InChI is InChI=1S/C15H20N2O/c1-2-11-4-3-7-16-15(11)10-17-12-5-6-13(17)9-14(18)8-12/h3-4,7,12-13H,2,5-6,8-10H2,1H3. The van der Waals surface area contributed by atoms with Gasteiger partial charge < -0.3 is 0 Å². The van der Waals surface area contributed by atoms with Crippen LogP contribution in [0.15, 0.2) is 18.3 Å². The van der Waals surface area contributed by atoms with Crippen LogP contribution in [0.4, 0.5) is 0 Å². The number of rotatable bonds is 3. The van der Waals surface area contributed by atoms with Gasteiger partial charge in [0.1, 0.15) is 5.78 Å². The third-order valence-corrected chi connectivity index (χ3v) is 4.40. The molecule has 96 valence electrons. The second-order valence-electron chi connectivity index (χ2n) is 5.47. The molecule has 3 nitrogen and oxygen atoms in total. The fourth-order valence-electron chi connectivity index (χ4n) is 3.43. The van der Waals surface area contributed by atoms with Crippen LogP contribution in [0.5, 0.6) is 0 Å². The Hall–Kier alpha value is -1.22. The van der Waals surface area contributed by atoms with Gasteiger partial charge in [0.25, 0.3) is 0 Å². The van der Waals surface area contributed by atoms with Crippen molar-refractivity contribution in [2.75, 3.05) is 0 Å². The summed E-state index contributed by atoms with van der Waals surface area (Å²) in [6.45, 7) is 3.10. The summed E-state index contributed by atoms with van der Waals surface area (Å²) >= 11 is 0. The quantitative estimate of drug-likeness (QED) is 0.818. The number of carbonyl (C=O) groups is 1. The molecule has 18 heavy (non-hydrogen) atoms. The van der Waals surface area contributed by atoms with E-state index in [4.69, 9.17) is 0 Å². The lowest BCUT2D eigenvalue weighted by molar-refractivity contribution is -0.123. The molecule has 0 amide bonds. The zero-order chi connectivity index (χ0) is 12.5. The number of carbonyl (C=O) groups excluding carboxylic acids is 1. The van der Waals surface area contributed by atoms with E-state index in [1.807, 2.05) is 12.3 Å². The summed E-state index contributed by atoms with van der Waals surface area (Å²) in [6, 6.07) is 5.13. The SMILES string of the molecule is CCc1cccnc1CN1C2CCC1CC(=O)C2. The maximum Gasteiger partial charge on any atom is 0.136 e. The molecule has 2 fully saturated rings. The predicted octanol–water partition coefficient (Wildman–Crippen LogP) is 2.34. The zero-order valence-electron chi connectivity index (χ0n) is 10.9. The second-order valence-corrected chi connectivity index (χ2v) is 5.47. The minimum atomic E-state index is 0.454. The number of aromatic nitrogens is 1. The molecule has 3 heteroatoms. The van der Waals surface area contributed by atoms with Crippen molar-refractivity contribution in [3.05, 3.63) is 29.6 Å². The third kappa shape index (κ3) is 2.07. The summed E-state index contributed by atoms with van der Waals surface area (Å²) in [5, 5.41) is 0.